The molecule has 1 aromatic carbocycles. The number of benzene rings is 1. The smallest absolute Gasteiger partial charge is 0.265 e. The van der Waals surface area contributed by atoms with Gasteiger partial charge in [-0.25, -0.2) is 8.42 Å². The van der Waals surface area contributed by atoms with Crippen molar-refractivity contribution in [2.45, 2.75) is 4.90 Å². The monoisotopic (exact) mass is 300 g/mol. The number of methoxy groups -OCH3 is 2. The molecule has 1 rings (SSSR count). The molecule has 0 aromatic heterocycles. The Morgan fingerprint density at radius 1 is 1.29 bits per heavy atom. The van der Waals surface area contributed by atoms with Crippen LogP contribution in [0.5, 0.6) is 11.5 Å². The molecule has 0 amide bonds. The normalized spacial score (nSPS) is 11.3. The van der Waals surface area contributed by atoms with Crippen molar-refractivity contribution in [3.63, 3.8) is 0 Å². The number of ether oxygens (including phenoxy) is 3. The minimum Gasteiger partial charge on any atom is -0.493 e. The summed E-state index contributed by atoms with van der Waals surface area (Å²) in [7, 11) is 4.05. The molecule has 96 valence electrons. The maximum absolute atomic E-state index is 11.4. The van der Waals surface area contributed by atoms with Gasteiger partial charge >= 0.3 is 0 Å². The third-order valence-corrected chi connectivity index (χ3v) is 3.33. The van der Waals surface area contributed by atoms with Crippen LogP contribution in [0.25, 0.3) is 0 Å². The zero-order valence-corrected chi connectivity index (χ0v) is 11.4. The van der Waals surface area contributed by atoms with Crippen LogP contribution < -0.4 is 9.47 Å². The third kappa shape index (κ3) is 3.64. The molecule has 0 aliphatic carbocycles. The Kier molecular flexibility index (Phi) is 4.88. The summed E-state index contributed by atoms with van der Waals surface area (Å²) in [6.45, 7) is -0.141. The van der Waals surface area contributed by atoms with Gasteiger partial charge in [0.25, 0.3) is 9.05 Å². The van der Waals surface area contributed by atoms with Crippen LogP contribution in [0, 0.1) is 0 Å². The van der Waals surface area contributed by atoms with Crippen molar-refractivity contribution >= 4 is 31.3 Å². The first-order valence-corrected chi connectivity index (χ1v) is 7.02. The molecular weight excluding hydrogens is 291 g/mol. The van der Waals surface area contributed by atoms with Gasteiger partial charge in [0.2, 0.25) is 0 Å². The second-order valence-corrected chi connectivity index (χ2v) is 5.89. The summed E-state index contributed by atoms with van der Waals surface area (Å²) < 4.78 is 37.5. The number of rotatable bonds is 5. The molecule has 1 aromatic rings. The Morgan fingerprint density at radius 2 is 1.94 bits per heavy atom. The molecule has 17 heavy (non-hydrogen) atoms. The summed E-state index contributed by atoms with van der Waals surface area (Å²) in [6, 6.07) is 2.59. The molecule has 0 saturated carbocycles. The van der Waals surface area contributed by atoms with Gasteiger partial charge < -0.3 is 14.2 Å². The van der Waals surface area contributed by atoms with Gasteiger partial charge in [-0.15, -0.1) is 0 Å². The highest BCUT2D eigenvalue weighted by Crippen LogP contribution is 2.38. The van der Waals surface area contributed by atoms with E-state index in [1.165, 1.54) is 26.4 Å². The van der Waals surface area contributed by atoms with Crippen molar-refractivity contribution in [3.8, 4) is 11.5 Å². The summed E-state index contributed by atoms with van der Waals surface area (Å²) in [6.07, 6.45) is 0. The second kappa shape index (κ2) is 5.77. The molecular formula is C9H10Cl2O5S. The van der Waals surface area contributed by atoms with Crippen LogP contribution in [0.15, 0.2) is 17.0 Å². The molecule has 5 nitrogen and oxygen atoms in total. The molecule has 0 heterocycles. The largest absolute Gasteiger partial charge is 0.493 e. The molecule has 0 aliphatic rings. The topological polar surface area (TPSA) is 61.8 Å². The fourth-order valence-corrected chi connectivity index (χ4v) is 2.40. The van der Waals surface area contributed by atoms with E-state index in [4.69, 9.17) is 36.5 Å². The van der Waals surface area contributed by atoms with Crippen molar-refractivity contribution in [1.29, 1.82) is 0 Å². The lowest BCUT2D eigenvalue weighted by Gasteiger charge is -2.13. The zero-order valence-electron chi connectivity index (χ0n) is 9.07. The van der Waals surface area contributed by atoms with Crippen molar-refractivity contribution in [3.05, 3.63) is 17.2 Å². The molecule has 0 N–H and O–H groups in total. The summed E-state index contributed by atoms with van der Waals surface area (Å²) in [5.41, 5.74) is 0. The van der Waals surface area contributed by atoms with Gasteiger partial charge in [0.05, 0.1) is 7.11 Å². The lowest BCUT2D eigenvalue weighted by Crippen LogP contribution is -2.05. The van der Waals surface area contributed by atoms with E-state index in [9.17, 15) is 8.42 Å². The van der Waals surface area contributed by atoms with Crippen molar-refractivity contribution in [2.24, 2.45) is 0 Å². The van der Waals surface area contributed by atoms with E-state index >= 15 is 0 Å². The number of hydrogen-bond acceptors (Lipinski definition) is 5. The fourth-order valence-electron chi connectivity index (χ4n) is 1.14. The molecule has 0 spiro atoms. The highest BCUT2D eigenvalue weighted by atomic mass is 35.7. The lowest BCUT2D eigenvalue weighted by atomic mass is 10.3. The second-order valence-electron chi connectivity index (χ2n) is 2.92. The first-order chi connectivity index (χ1) is 7.90. The van der Waals surface area contributed by atoms with Gasteiger partial charge in [0.1, 0.15) is 4.90 Å². The molecule has 0 fully saturated rings. The van der Waals surface area contributed by atoms with Gasteiger partial charge in [-0.1, -0.05) is 11.6 Å². The van der Waals surface area contributed by atoms with Crippen molar-refractivity contribution in [2.75, 3.05) is 21.0 Å². The number of halogens is 2. The van der Waals surface area contributed by atoms with Crippen LogP contribution in [0.4, 0.5) is 0 Å². The maximum Gasteiger partial charge on any atom is 0.265 e. The Balaban J connectivity index is 3.39. The zero-order chi connectivity index (χ0) is 13.1. The van der Waals surface area contributed by atoms with Crippen LogP contribution in [0.3, 0.4) is 0 Å². The molecule has 8 heteroatoms. The van der Waals surface area contributed by atoms with Crippen molar-refractivity contribution < 1.29 is 22.6 Å². The minimum absolute atomic E-state index is 0.0336. The van der Waals surface area contributed by atoms with E-state index < -0.39 is 9.05 Å². The summed E-state index contributed by atoms with van der Waals surface area (Å²) >= 11 is 5.75. The fraction of sp³-hybridized carbons (Fsp3) is 0.333. The van der Waals surface area contributed by atoms with Crippen LogP contribution in [0.1, 0.15) is 0 Å². The average molecular weight is 301 g/mol. The van der Waals surface area contributed by atoms with Crippen LogP contribution >= 0.6 is 22.3 Å². The quantitative estimate of drug-likeness (QED) is 0.616. The van der Waals surface area contributed by atoms with Crippen molar-refractivity contribution in [1.82, 2.24) is 0 Å². The molecule has 0 radical (unpaired) electrons. The molecule has 0 unspecified atom stereocenters. The van der Waals surface area contributed by atoms with E-state index in [-0.39, 0.29) is 28.2 Å². The van der Waals surface area contributed by atoms with Gasteiger partial charge in [0.15, 0.2) is 18.3 Å². The Bertz CT molecular complexity index is 500. The van der Waals surface area contributed by atoms with Gasteiger partial charge in [0, 0.05) is 28.9 Å². The van der Waals surface area contributed by atoms with Crippen LogP contribution in [0.2, 0.25) is 5.02 Å². The maximum atomic E-state index is 11.4. The SMILES string of the molecule is COCOc1c(OC)cc(Cl)cc1S(=O)(=O)Cl. The highest BCUT2D eigenvalue weighted by molar-refractivity contribution is 8.13. The van der Waals surface area contributed by atoms with Gasteiger partial charge in [-0.2, -0.15) is 0 Å². The first-order valence-electron chi connectivity index (χ1n) is 4.34. The minimum atomic E-state index is -3.99. The molecule has 0 saturated heterocycles. The highest BCUT2D eigenvalue weighted by Gasteiger charge is 2.22. The molecule has 0 aliphatic heterocycles. The Morgan fingerprint density at radius 3 is 2.41 bits per heavy atom. The number of hydrogen-bond donors (Lipinski definition) is 0. The summed E-state index contributed by atoms with van der Waals surface area (Å²) in [5.74, 6) is 0.127. The van der Waals surface area contributed by atoms with Crippen LogP contribution in [-0.4, -0.2) is 29.4 Å². The molecule has 0 bridgehead atoms. The summed E-state index contributed by atoms with van der Waals surface area (Å²) in [4.78, 5) is -0.263. The average Bonchev–Trinajstić information content (AvgIpc) is 2.25. The summed E-state index contributed by atoms with van der Waals surface area (Å²) in [5, 5.41) is 0.172. The lowest BCUT2D eigenvalue weighted by molar-refractivity contribution is 0.0470. The predicted molar refractivity (Wildman–Crippen MR) is 63.5 cm³/mol. The Labute approximate surface area is 109 Å². The predicted octanol–water partition coefficient (Wildman–Crippen LogP) is 2.26. The van der Waals surface area contributed by atoms with Gasteiger partial charge in [-0.3, -0.25) is 0 Å². The van der Waals surface area contributed by atoms with Gasteiger partial charge in [-0.05, 0) is 6.07 Å². The van der Waals surface area contributed by atoms with E-state index in [0.29, 0.717) is 0 Å². The van der Waals surface area contributed by atoms with Crippen LogP contribution in [-0.2, 0) is 13.8 Å². The van der Waals surface area contributed by atoms with E-state index in [1.54, 1.807) is 0 Å². The van der Waals surface area contributed by atoms with E-state index in [2.05, 4.69) is 0 Å². The first kappa shape index (κ1) is 14.4. The van der Waals surface area contributed by atoms with E-state index in [0.717, 1.165) is 0 Å². The van der Waals surface area contributed by atoms with E-state index in [1.807, 2.05) is 0 Å². The standard InChI is InChI=1S/C9H10Cl2O5S/c1-14-5-16-9-7(15-2)3-6(10)4-8(9)17(11,12)13/h3-4H,5H2,1-2H3. The molecule has 0 atom stereocenters. The Hall–Kier alpha value is -0.690. The third-order valence-electron chi connectivity index (χ3n) is 1.79.